The second-order valence-electron chi connectivity index (χ2n) is 5.46. The normalized spacial score (nSPS) is 10.5. The minimum atomic E-state index is -0.266. The number of amides is 1. The van der Waals surface area contributed by atoms with Gasteiger partial charge in [0.2, 0.25) is 5.91 Å². The van der Waals surface area contributed by atoms with E-state index in [0.29, 0.717) is 18.5 Å². The van der Waals surface area contributed by atoms with Crippen LogP contribution in [0.1, 0.15) is 17.5 Å². The van der Waals surface area contributed by atoms with E-state index in [1.54, 1.807) is 35.7 Å². The van der Waals surface area contributed by atoms with Crippen LogP contribution in [0.25, 0.3) is 11.1 Å². The van der Waals surface area contributed by atoms with Crippen LogP contribution in [0.5, 0.6) is 0 Å². The van der Waals surface area contributed by atoms with E-state index < -0.39 is 0 Å². The van der Waals surface area contributed by atoms with E-state index in [9.17, 15) is 9.18 Å². The molecular formula is C19H17FN2OS. The van der Waals surface area contributed by atoms with Crippen LogP contribution in [0.4, 0.5) is 4.39 Å². The van der Waals surface area contributed by atoms with Crippen LogP contribution in [0.3, 0.4) is 0 Å². The maximum absolute atomic E-state index is 13.5. The Kier molecular flexibility index (Phi) is 5.33. The van der Waals surface area contributed by atoms with E-state index in [1.807, 2.05) is 23.7 Å². The zero-order chi connectivity index (χ0) is 16.8. The Bertz CT molecular complexity index is 818. The quantitative estimate of drug-likeness (QED) is 0.731. The van der Waals surface area contributed by atoms with E-state index in [0.717, 1.165) is 16.7 Å². The van der Waals surface area contributed by atoms with Crippen molar-refractivity contribution < 1.29 is 9.18 Å². The summed E-state index contributed by atoms with van der Waals surface area (Å²) in [4.78, 5) is 16.2. The van der Waals surface area contributed by atoms with Crippen molar-refractivity contribution in [3.8, 4) is 11.1 Å². The first-order valence-corrected chi connectivity index (χ1v) is 8.63. The molecule has 0 radical (unpaired) electrons. The van der Waals surface area contributed by atoms with Crippen LogP contribution < -0.4 is 5.32 Å². The van der Waals surface area contributed by atoms with Gasteiger partial charge in [-0.1, -0.05) is 18.2 Å². The third kappa shape index (κ3) is 4.26. The molecule has 0 saturated carbocycles. The number of carbonyl (C=O) groups excluding carboxylic acids is 1. The van der Waals surface area contributed by atoms with E-state index >= 15 is 0 Å². The van der Waals surface area contributed by atoms with Gasteiger partial charge in [-0.2, -0.15) is 11.3 Å². The summed E-state index contributed by atoms with van der Waals surface area (Å²) < 4.78 is 13.5. The van der Waals surface area contributed by atoms with Crippen LogP contribution in [0.2, 0.25) is 0 Å². The summed E-state index contributed by atoms with van der Waals surface area (Å²) in [6, 6.07) is 10.6. The second kappa shape index (κ2) is 7.84. The Morgan fingerprint density at radius 2 is 2.04 bits per heavy atom. The maximum Gasteiger partial charge on any atom is 0.220 e. The number of nitrogens with zero attached hydrogens (tertiary/aromatic N) is 1. The highest BCUT2D eigenvalue weighted by Gasteiger charge is 2.06. The summed E-state index contributed by atoms with van der Waals surface area (Å²) in [7, 11) is 0. The second-order valence-corrected chi connectivity index (χ2v) is 6.24. The average molecular weight is 340 g/mol. The number of aryl methyl sites for hydroxylation is 1. The highest BCUT2D eigenvalue weighted by molar-refractivity contribution is 7.08. The fraction of sp³-hybridized carbons (Fsp3) is 0.158. The van der Waals surface area contributed by atoms with Crippen molar-refractivity contribution in [1.29, 1.82) is 0 Å². The molecule has 24 heavy (non-hydrogen) atoms. The van der Waals surface area contributed by atoms with Gasteiger partial charge in [-0.05, 0) is 52.1 Å². The summed E-state index contributed by atoms with van der Waals surface area (Å²) >= 11 is 1.64. The lowest BCUT2D eigenvalue weighted by Gasteiger charge is -2.07. The largest absolute Gasteiger partial charge is 0.352 e. The van der Waals surface area contributed by atoms with Crippen molar-refractivity contribution >= 4 is 17.2 Å². The molecule has 5 heteroatoms. The Morgan fingerprint density at radius 1 is 1.17 bits per heavy atom. The summed E-state index contributed by atoms with van der Waals surface area (Å²) in [5.41, 5.74) is 3.67. The summed E-state index contributed by atoms with van der Waals surface area (Å²) in [5, 5.41) is 6.95. The van der Waals surface area contributed by atoms with Gasteiger partial charge < -0.3 is 5.32 Å². The molecule has 1 aromatic carbocycles. The molecule has 1 N–H and O–H groups in total. The Morgan fingerprint density at radius 3 is 2.83 bits per heavy atom. The smallest absolute Gasteiger partial charge is 0.220 e. The molecule has 0 saturated heterocycles. The number of carbonyl (C=O) groups is 1. The number of halogens is 1. The molecule has 122 valence electrons. The SMILES string of the molecule is O=C(CCc1ccccc1F)NCc1cncc(-c2ccsc2)c1. The number of pyridine rings is 1. The van der Waals surface area contributed by atoms with Gasteiger partial charge in [0.25, 0.3) is 0 Å². The van der Waals surface area contributed by atoms with Gasteiger partial charge in [0.05, 0.1) is 0 Å². The summed E-state index contributed by atoms with van der Waals surface area (Å²) in [5.74, 6) is -0.364. The third-order valence-electron chi connectivity index (χ3n) is 3.72. The Labute approximate surface area is 144 Å². The van der Waals surface area contributed by atoms with Gasteiger partial charge in [0.15, 0.2) is 0 Å². The molecule has 3 nitrogen and oxygen atoms in total. The van der Waals surface area contributed by atoms with Crippen LogP contribution in [-0.2, 0) is 17.8 Å². The monoisotopic (exact) mass is 340 g/mol. The molecule has 2 heterocycles. The molecule has 3 aromatic rings. The summed E-state index contributed by atoms with van der Waals surface area (Å²) in [6.45, 7) is 0.418. The van der Waals surface area contributed by atoms with Crippen LogP contribution >= 0.6 is 11.3 Å². The number of rotatable bonds is 6. The molecule has 0 bridgehead atoms. The van der Waals surface area contributed by atoms with E-state index in [1.165, 1.54) is 6.07 Å². The number of nitrogens with one attached hydrogen (secondary N) is 1. The molecule has 0 spiro atoms. The minimum Gasteiger partial charge on any atom is -0.352 e. The number of benzene rings is 1. The van der Waals surface area contributed by atoms with Gasteiger partial charge in [-0.25, -0.2) is 4.39 Å². The van der Waals surface area contributed by atoms with Crippen molar-refractivity contribution in [3.63, 3.8) is 0 Å². The molecule has 2 aromatic heterocycles. The number of hydrogen-bond donors (Lipinski definition) is 1. The molecule has 0 aliphatic heterocycles. The Hall–Kier alpha value is -2.53. The summed E-state index contributed by atoms with van der Waals surface area (Å²) in [6.07, 6.45) is 4.21. The predicted molar refractivity (Wildman–Crippen MR) is 94.1 cm³/mol. The van der Waals surface area contributed by atoms with E-state index in [2.05, 4.69) is 15.7 Å². The predicted octanol–water partition coefficient (Wildman–Crippen LogP) is 4.20. The molecule has 0 aliphatic rings. The van der Waals surface area contributed by atoms with Gasteiger partial charge in [-0.3, -0.25) is 9.78 Å². The molecule has 1 amide bonds. The van der Waals surface area contributed by atoms with Crippen LogP contribution in [0.15, 0.2) is 59.6 Å². The van der Waals surface area contributed by atoms with E-state index in [4.69, 9.17) is 0 Å². The van der Waals surface area contributed by atoms with Crippen LogP contribution in [0, 0.1) is 5.82 Å². The molecule has 0 atom stereocenters. The van der Waals surface area contributed by atoms with Crippen molar-refractivity contribution in [2.75, 3.05) is 0 Å². The first-order chi connectivity index (χ1) is 11.7. The molecule has 3 rings (SSSR count). The number of hydrogen-bond acceptors (Lipinski definition) is 3. The first kappa shape index (κ1) is 16.3. The third-order valence-corrected chi connectivity index (χ3v) is 4.40. The van der Waals surface area contributed by atoms with Gasteiger partial charge in [0.1, 0.15) is 5.82 Å². The average Bonchev–Trinajstić information content (AvgIpc) is 3.14. The van der Waals surface area contributed by atoms with Gasteiger partial charge in [0, 0.05) is 30.9 Å². The zero-order valence-corrected chi connectivity index (χ0v) is 13.9. The first-order valence-electron chi connectivity index (χ1n) is 7.69. The molecular weight excluding hydrogens is 323 g/mol. The standard InChI is InChI=1S/C19H17FN2OS/c20-18-4-2-1-3-15(18)5-6-19(23)22-11-14-9-17(12-21-10-14)16-7-8-24-13-16/h1-4,7-10,12-13H,5-6,11H2,(H,22,23). The van der Waals surface area contributed by atoms with Crippen molar-refractivity contribution in [1.82, 2.24) is 10.3 Å². The lowest BCUT2D eigenvalue weighted by molar-refractivity contribution is -0.121. The van der Waals surface area contributed by atoms with Crippen molar-refractivity contribution in [3.05, 3.63) is 76.5 Å². The lowest BCUT2D eigenvalue weighted by Crippen LogP contribution is -2.23. The lowest BCUT2D eigenvalue weighted by atomic mass is 10.1. The molecule has 0 unspecified atom stereocenters. The topological polar surface area (TPSA) is 42.0 Å². The highest BCUT2D eigenvalue weighted by atomic mass is 32.1. The van der Waals surface area contributed by atoms with Gasteiger partial charge in [-0.15, -0.1) is 0 Å². The highest BCUT2D eigenvalue weighted by Crippen LogP contribution is 2.21. The maximum atomic E-state index is 13.5. The number of thiophene rings is 1. The van der Waals surface area contributed by atoms with E-state index in [-0.39, 0.29) is 18.1 Å². The Balaban J connectivity index is 1.53. The van der Waals surface area contributed by atoms with Crippen molar-refractivity contribution in [2.45, 2.75) is 19.4 Å². The fourth-order valence-corrected chi connectivity index (χ4v) is 3.07. The zero-order valence-electron chi connectivity index (χ0n) is 13.0. The minimum absolute atomic E-state index is 0.0980. The number of aromatic nitrogens is 1. The molecule has 0 fully saturated rings. The fourth-order valence-electron chi connectivity index (χ4n) is 2.41. The van der Waals surface area contributed by atoms with Crippen molar-refractivity contribution in [2.24, 2.45) is 0 Å². The van der Waals surface area contributed by atoms with Crippen LogP contribution in [-0.4, -0.2) is 10.9 Å². The molecule has 0 aliphatic carbocycles. The van der Waals surface area contributed by atoms with Gasteiger partial charge >= 0.3 is 0 Å².